The number of thiophene rings is 1. The third-order valence-corrected chi connectivity index (χ3v) is 6.88. The van der Waals surface area contributed by atoms with E-state index in [4.69, 9.17) is 4.74 Å². The molecule has 1 aliphatic rings. The number of benzene rings is 2. The monoisotopic (exact) mass is 444 g/mol. The zero-order chi connectivity index (χ0) is 22.1. The average Bonchev–Trinajstić information content (AvgIpc) is 3.23. The standard InChI is InChI=1S/C24H25FO5S/c1-13-2-3-15(24-23(29)22(28)21(27)19(12-26)30-24)10-16(13)11-18-8-9-20(31-18)14-4-6-17(25)7-5-14/h2-10,19,21-24,26-29H,11-12H2,1H3/t19-,21+,22-,23+,24-/m0/s1. The highest BCUT2D eigenvalue weighted by Crippen LogP contribution is 2.35. The minimum Gasteiger partial charge on any atom is -0.394 e. The molecule has 1 aliphatic heterocycles. The predicted octanol–water partition coefficient (Wildman–Crippen LogP) is 2.97. The van der Waals surface area contributed by atoms with Gasteiger partial charge in [0.15, 0.2) is 0 Å². The van der Waals surface area contributed by atoms with Crippen LogP contribution in [-0.4, -0.2) is 51.4 Å². The summed E-state index contributed by atoms with van der Waals surface area (Å²) < 4.78 is 18.9. The van der Waals surface area contributed by atoms with E-state index in [9.17, 15) is 24.8 Å². The van der Waals surface area contributed by atoms with Gasteiger partial charge >= 0.3 is 0 Å². The summed E-state index contributed by atoms with van der Waals surface area (Å²) in [6.45, 7) is 1.54. The molecule has 0 unspecified atom stereocenters. The molecule has 1 fully saturated rings. The van der Waals surface area contributed by atoms with Crippen LogP contribution < -0.4 is 0 Å². The van der Waals surface area contributed by atoms with Crippen molar-refractivity contribution in [2.24, 2.45) is 0 Å². The topological polar surface area (TPSA) is 90.2 Å². The Hall–Kier alpha value is -2.13. The van der Waals surface area contributed by atoms with Gasteiger partial charge in [-0.3, -0.25) is 0 Å². The second kappa shape index (κ2) is 9.16. The summed E-state index contributed by atoms with van der Waals surface area (Å²) >= 11 is 1.63. The van der Waals surface area contributed by atoms with E-state index in [1.165, 1.54) is 12.1 Å². The molecule has 0 amide bonds. The molecule has 7 heteroatoms. The first-order valence-corrected chi connectivity index (χ1v) is 10.9. The number of hydrogen-bond acceptors (Lipinski definition) is 6. The average molecular weight is 445 g/mol. The Labute approximate surface area is 184 Å². The van der Waals surface area contributed by atoms with Crippen molar-refractivity contribution in [2.75, 3.05) is 6.61 Å². The molecule has 164 valence electrons. The third-order valence-electron chi connectivity index (χ3n) is 5.75. The van der Waals surface area contributed by atoms with Gasteiger partial charge in [0.25, 0.3) is 0 Å². The Morgan fingerprint density at radius 3 is 2.39 bits per heavy atom. The molecule has 0 saturated carbocycles. The summed E-state index contributed by atoms with van der Waals surface area (Å²) in [4.78, 5) is 2.19. The second-order valence-corrected chi connectivity index (χ2v) is 9.05. The summed E-state index contributed by atoms with van der Waals surface area (Å²) in [5.41, 5.74) is 3.75. The maximum absolute atomic E-state index is 13.2. The van der Waals surface area contributed by atoms with E-state index in [1.807, 2.05) is 37.3 Å². The van der Waals surface area contributed by atoms with Crippen LogP contribution in [0.25, 0.3) is 10.4 Å². The van der Waals surface area contributed by atoms with E-state index in [0.717, 1.165) is 26.4 Å². The number of aryl methyl sites for hydroxylation is 1. The molecule has 2 heterocycles. The lowest BCUT2D eigenvalue weighted by molar-refractivity contribution is -0.231. The van der Waals surface area contributed by atoms with Gasteiger partial charge in [-0.1, -0.05) is 30.3 Å². The van der Waals surface area contributed by atoms with Gasteiger partial charge in [0.05, 0.1) is 6.61 Å². The fourth-order valence-corrected chi connectivity index (χ4v) is 4.90. The zero-order valence-electron chi connectivity index (χ0n) is 17.0. The maximum atomic E-state index is 13.2. The number of halogens is 1. The van der Waals surface area contributed by atoms with Crippen LogP contribution in [0.3, 0.4) is 0 Å². The van der Waals surface area contributed by atoms with Crippen LogP contribution in [0, 0.1) is 12.7 Å². The summed E-state index contributed by atoms with van der Waals surface area (Å²) in [5.74, 6) is -0.263. The van der Waals surface area contributed by atoms with Gasteiger partial charge in [0.1, 0.15) is 36.3 Å². The minimum atomic E-state index is -1.41. The number of rotatable bonds is 5. The highest BCUT2D eigenvalue weighted by molar-refractivity contribution is 7.15. The fourth-order valence-electron chi connectivity index (χ4n) is 3.87. The predicted molar refractivity (Wildman–Crippen MR) is 116 cm³/mol. The normalized spacial score (nSPS) is 26.2. The third kappa shape index (κ3) is 4.57. The van der Waals surface area contributed by atoms with Crippen LogP contribution in [0.15, 0.2) is 54.6 Å². The first-order chi connectivity index (χ1) is 14.9. The van der Waals surface area contributed by atoms with Gasteiger partial charge in [-0.15, -0.1) is 11.3 Å². The molecule has 3 aromatic rings. The Morgan fingerprint density at radius 1 is 0.935 bits per heavy atom. The van der Waals surface area contributed by atoms with Crippen molar-refractivity contribution in [3.8, 4) is 10.4 Å². The smallest absolute Gasteiger partial charge is 0.123 e. The molecular weight excluding hydrogens is 419 g/mol. The van der Waals surface area contributed by atoms with Gasteiger partial charge in [-0.25, -0.2) is 4.39 Å². The fraction of sp³-hybridized carbons (Fsp3) is 0.333. The minimum absolute atomic E-state index is 0.263. The lowest BCUT2D eigenvalue weighted by atomic mass is 9.89. The highest BCUT2D eigenvalue weighted by atomic mass is 32.1. The molecule has 1 saturated heterocycles. The van der Waals surface area contributed by atoms with Crippen LogP contribution in [0.1, 0.15) is 27.7 Å². The van der Waals surface area contributed by atoms with Crippen molar-refractivity contribution in [3.05, 3.63) is 82.0 Å². The lowest BCUT2D eigenvalue weighted by Crippen LogP contribution is -2.55. The SMILES string of the molecule is Cc1ccc([C@@H]2O[C@@H](CO)[C@@H](O)[C@H](O)[C@H]2O)cc1Cc1ccc(-c2ccc(F)cc2)s1. The number of hydrogen-bond donors (Lipinski definition) is 4. The second-order valence-electron chi connectivity index (χ2n) is 7.89. The summed E-state index contributed by atoms with van der Waals surface area (Å²) in [6, 6.07) is 16.2. The molecule has 0 aliphatic carbocycles. The highest BCUT2D eigenvalue weighted by Gasteiger charge is 2.43. The largest absolute Gasteiger partial charge is 0.394 e. The molecule has 4 rings (SSSR count). The van der Waals surface area contributed by atoms with Gasteiger partial charge in [0, 0.05) is 16.2 Å². The van der Waals surface area contributed by atoms with Crippen molar-refractivity contribution < 1.29 is 29.6 Å². The van der Waals surface area contributed by atoms with Crippen LogP contribution in [0.2, 0.25) is 0 Å². The van der Waals surface area contributed by atoms with Crippen molar-refractivity contribution in [1.29, 1.82) is 0 Å². The van der Waals surface area contributed by atoms with Gasteiger partial charge in [-0.2, -0.15) is 0 Å². The Bertz CT molecular complexity index is 1030. The first-order valence-electron chi connectivity index (χ1n) is 10.1. The van der Waals surface area contributed by atoms with Crippen molar-refractivity contribution in [1.82, 2.24) is 0 Å². The molecule has 2 aromatic carbocycles. The van der Waals surface area contributed by atoms with Gasteiger partial charge in [0.2, 0.25) is 0 Å². The number of aliphatic hydroxyl groups excluding tert-OH is 4. The number of ether oxygens (including phenoxy) is 1. The van der Waals surface area contributed by atoms with Crippen molar-refractivity contribution >= 4 is 11.3 Å². The summed E-state index contributed by atoms with van der Waals surface area (Å²) in [5, 5.41) is 40.0. The Morgan fingerprint density at radius 2 is 1.68 bits per heavy atom. The molecule has 5 nitrogen and oxygen atoms in total. The molecule has 0 radical (unpaired) electrons. The van der Waals surface area contributed by atoms with Crippen molar-refractivity contribution in [2.45, 2.75) is 43.9 Å². The van der Waals surface area contributed by atoms with Crippen LogP contribution in [0.5, 0.6) is 0 Å². The first kappa shape index (κ1) is 22.1. The van der Waals surface area contributed by atoms with E-state index in [2.05, 4.69) is 0 Å². The molecule has 0 bridgehead atoms. The summed E-state index contributed by atoms with van der Waals surface area (Å²) in [6.07, 6.45) is -5.21. The van der Waals surface area contributed by atoms with E-state index in [0.29, 0.717) is 12.0 Å². The van der Waals surface area contributed by atoms with Crippen LogP contribution in [0.4, 0.5) is 4.39 Å². The molecule has 0 spiro atoms. The Kier molecular flexibility index (Phi) is 6.52. The summed E-state index contributed by atoms with van der Waals surface area (Å²) in [7, 11) is 0. The molecule has 4 N–H and O–H groups in total. The Balaban J connectivity index is 1.57. The van der Waals surface area contributed by atoms with Crippen molar-refractivity contribution in [3.63, 3.8) is 0 Å². The van der Waals surface area contributed by atoms with Crippen LogP contribution >= 0.6 is 11.3 Å². The molecule has 5 atom stereocenters. The zero-order valence-corrected chi connectivity index (χ0v) is 17.8. The van der Waals surface area contributed by atoms with E-state index in [1.54, 1.807) is 23.5 Å². The number of aliphatic hydroxyl groups is 4. The molecule has 31 heavy (non-hydrogen) atoms. The van der Waals surface area contributed by atoms with Gasteiger partial charge < -0.3 is 25.2 Å². The molecule has 1 aromatic heterocycles. The lowest BCUT2D eigenvalue weighted by Gasteiger charge is -2.40. The van der Waals surface area contributed by atoms with E-state index in [-0.39, 0.29) is 5.82 Å². The quantitative estimate of drug-likeness (QED) is 0.486. The van der Waals surface area contributed by atoms with E-state index >= 15 is 0 Å². The maximum Gasteiger partial charge on any atom is 0.123 e. The van der Waals surface area contributed by atoms with Crippen LogP contribution in [-0.2, 0) is 11.2 Å². The van der Waals surface area contributed by atoms with Gasteiger partial charge in [-0.05, 0) is 53.4 Å². The molecular formula is C24H25FO5S. The van der Waals surface area contributed by atoms with E-state index < -0.39 is 37.1 Å².